The van der Waals surface area contributed by atoms with E-state index in [2.05, 4.69) is 47.5 Å². The zero-order valence-corrected chi connectivity index (χ0v) is 39.5. The standard InChI is InChI=1S/C19H28N2O3.C12H14O4.C8H17N.C7H6N4O.C2H3N.ClH/c1-15(2)20-9-11-21(12-10-20)19(22)16-3-5-17(6-4-16)24-18-7-13-23-14-8-18;13-12(14)9-1-3-10(4-2-9)16-11-5-7-15-8-6-11;1-8(2)9-6-4-3-5-7-9;12-7(10-3-1-8-5-10)11-4-2-9-6-11;1-2-3;/h3-6,15,18H,7-14H2,1-2H3;1-4,11H,5-8H2,(H,13,14);8H,3-7H2,1-2H3;1-6H;1H3;1H. The molecule has 0 saturated carbocycles. The minimum atomic E-state index is -0.919. The number of aromatic nitrogens is 4. The number of hydrogen-bond acceptors (Lipinski definition) is 12. The van der Waals surface area contributed by atoms with Gasteiger partial charge in [0.1, 0.15) is 36.4 Å². The first-order valence-electron chi connectivity index (χ1n) is 22.5. The molecular formula is C48H69ClN8O8. The molecule has 356 valence electrons. The van der Waals surface area contributed by atoms with Crippen molar-refractivity contribution in [1.29, 1.82) is 5.26 Å². The summed E-state index contributed by atoms with van der Waals surface area (Å²) in [5, 5.41) is 16.1. The maximum atomic E-state index is 12.6. The number of halogens is 1. The van der Waals surface area contributed by atoms with Crippen molar-refractivity contribution in [2.75, 3.05) is 65.7 Å². The van der Waals surface area contributed by atoms with Crippen molar-refractivity contribution < 1.29 is 38.4 Å². The van der Waals surface area contributed by atoms with E-state index >= 15 is 0 Å². The molecule has 0 radical (unpaired) electrons. The first-order valence-corrected chi connectivity index (χ1v) is 22.5. The minimum absolute atomic E-state index is 0. The molecule has 17 heteroatoms. The summed E-state index contributed by atoms with van der Waals surface area (Å²) in [6.07, 6.45) is 17.5. The lowest BCUT2D eigenvalue weighted by Gasteiger charge is -2.37. The monoisotopic (exact) mass is 920 g/mol. The van der Waals surface area contributed by atoms with Gasteiger partial charge in [0, 0.05) is 101 Å². The van der Waals surface area contributed by atoms with Crippen LogP contribution >= 0.6 is 12.4 Å². The van der Waals surface area contributed by atoms with E-state index in [0.29, 0.717) is 6.04 Å². The van der Waals surface area contributed by atoms with E-state index in [0.717, 1.165) is 101 Å². The molecule has 65 heavy (non-hydrogen) atoms. The fraction of sp³-hybridized carbons (Fsp3) is 0.542. The largest absolute Gasteiger partial charge is 0.490 e. The van der Waals surface area contributed by atoms with Crippen LogP contribution in [0.3, 0.4) is 0 Å². The summed E-state index contributed by atoms with van der Waals surface area (Å²) in [4.78, 5) is 49.1. The molecule has 2 aromatic carbocycles. The Labute approximate surface area is 390 Å². The van der Waals surface area contributed by atoms with E-state index in [1.165, 1.54) is 61.1 Å². The number of rotatable bonds is 8. The van der Waals surface area contributed by atoms with Crippen molar-refractivity contribution in [2.45, 2.75) is 104 Å². The van der Waals surface area contributed by atoms with Crippen LogP contribution in [0.25, 0.3) is 0 Å². The number of likely N-dealkylation sites (tertiary alicyclic amines) is 1. The number of carbonyl (C=O) groups excluding carboxylic acids is 2. The van der Waals surface area contributed by atoms with Crippen LogP contribution < -0.4 is 9.47 Å². The molecule has 4 saturated heterocycles. The lowest BCUT2D eigenvalue weighted by Crippen LogP contribution is -2.50. The number of nitriles is 1. The fourth-order valence-electron chi connectivity index (χ4n) is 7.26. The quantitative estimate of drug-likeness (QED) is 0.181. The average molecular weight is 922 g/mol. The molecule has 8 rings (SSSR count). The lowest BCUT2D eigenvalue weighted by molar-refractivity contribution is 0.0253. The molecule has 16 nitrogen and oxygen atoms in total. The summed E-state index contributed by atoms with van der Waals surface area (Å²) >= 11 is 0. The van der Waals surface area contributed by atoms with Gasteiger partial charge in [0.2, 0.25) is 0 Å². The van der Waals surface area contributed by atoms with Gasteiger partial charge in [-0.15, -0.1) is 12.4 Å². The third-order valence-electron chi connectivity index (χ3n) is 11.0. The predicted molar refractivity (Wildman–Crippen MR) is 251 cm³/mol. The van der Waals surface area contributed by atoms with Crippen LogP contribution in [0.2, 0.25) is 0 Å². The maximum Gasteiger partial charge on any atom is 0.338 e. The summed E-state index contributed by atoms with van der Waals surface area (Å²) in [5.41, 5.74) is 1.02. The van der Waals surface area contributed by atoms with Crippen molar-refractivity contribution in [2.24, 2.45) is 0 Å². The Balaban J connectivity index is 0.000000238. The molecule has 1 N–H and O–H groups in total. The van der Waals surface area contributed by atoms with E-state index in [1.807, 2.05) is 29.2 Å². The predicted octanol–water partition coefficient (Wildman–Crippen LogP) is 7.78. The molecule has 4 fully saturated rings. The second-order valence-electron chi connectivity index (χ2n) is 16.3. The van der Waals surface area contributed by atoms with Gasteiger partial charge in [-0.2, -0.15) is 5.26 Å². The Morgan fingerprint density at radius 3 is 1.42 bits per heavy atom. The van der Waals surface area contributed by atoms with Crippen molar-refractivity contribution in [3.05, 3.63) is 97.1 Å². The second kappa shape index (κ2) is 30.0. The number of amides is 1. The van der Waals surface area contributed by atoms with Gasteiger partial charge in [0.25, 0.3) is 5.91 Å². The van der Waals surface area contributed by atoms with Crippen LogP contribution in [-0.2, 0) is 9.47 Å². The van der Waals surface area contributed by atoms with Gasteiger partial charge in [-0.25, -0.2) is 19.6 Å². The van der Waals surface area contributed by atoms with Crippen molar-refractivity contribution >= 4 is 30.3 Å². The molecule has 0 atom stereocenters. The van der Waals surface area contributed by atoms with Crippen LogP contribution in [0.4, 0.5) is 4.79 Å². The highest BCUT2D eigenvalue weighted by atomic mass is 35.5. The molecule has 1 amide bonds. The van der Waals surface area contributed by atoms with Crippen molar-refractivity contribution in [3.63, 3.8) is 0 Å². The topological polar surface area (TPSA) is 178 Å². The van der Waals surface area contributed by atoms with Crippen LogP contribution in [0.1, 0.15) is 100 Å². The summed E-state index contributed by atoms with van der Waals surface area (Å²) in [6.45, 7) is 19.6. The first kappa shape index (κ1) is 54.0. The molecule has 4 aromatic rings. The minimum Gasteiger partial charge on any atom is -0.490 e. The Morgan fingerprint density at radius 1 is 0.662 bits per heavy atom. The Hall–Kier alpha value is -5.31. The number of benzene rings is 2. The molecule has 4 aliphatic heterocycles. The van der Waals surface area contributed by atoms with Gasteiger partial charge in [-0.05, 0) is 102 Å². The highest BCUT2D eigenvalue weighted by molar-refractivity contribution is 5.94. The van der Waals surface area contributed by atoms with E-state index in [9.17, 15) is 14.4 Å². The molecule has 2 aromatic heterocycles. The SMILES string of the molecule is CC#N.CC(C)N1CCCCC1.CC(C)N1CCN(C(=O)c2ccc(OC3CCOCC3)cc2)CC1.Cl.O=C(O)c1ccc(OC2CCOCC2)cc1.O=C(n1ccnc1)n1ccnc1. The van der Waals surface area contributed by atoms with E-state index in [4.69, 9.17) is 29.3 Å². The van der Waals surface area contributed by atoms with E-state index < -0.39 is 5.97 Å². The van der Waals surface area contributed by atoms with Crippen LogP contribution in [0, 0.1) is 11.3 Å². The van der Waals surface area contributed by atoms with Gasteiger partial charge >= 0.3 is 12.0 Å². The summed E-state index contributed by atoms with van der Waals surface area (Å²) in [5.74, 6) is 0.758. The third-order valence-corrected chi connectivity index (χ3v) is 11.0. The number of aromatic carboxylic acids is 1. The van der Waals surface area contributed by atoms with Crippen molar-refractivity contribution in [3.8, 4) is 17.6 Å². The van der Waals surface area contributed by atoms with Crippen molar-refractivity contribution in [1.82, 2.24) is 33.8 Å². The number of hydrogen-bond donors (Lipinski definition) is 1. The maximum absolute atomic E-state index is 12.6. The molecule has 0 aliphatic carbocycles. The highest BCUT2D eigenvalue weighted by Gasteiger charge is 2.24. The second-order valence-corrected chi connectivity index (χ2v) is 16.3. The number of carboxylic acid groups (broad SMARTS) is 1. The molecule has 6 heterocycles. The number of piperidine rings is 1. The van der Waals surface area contributed by atoms with E-state index in [-0.39, 0.29) is 42.1 Å². The van der Waals surface area contributed by atoms with Crippen LogP contribution in [0.15, 0.2) is 86.0 Å². The van der Waals surface area contributed by atoms with Gasteiger partial charge in [-0.1, -0.05) is 6.42 Å². The molecule has 0 spiro atoms. The Kier molecular flexibility index (Phi) is 24.9. The Morgan fingerprint density at radius 2 is 1.06 bits per heavy atom. The summed E-state index contributed by atoms with van der Waals surface area (Å²) in [6, 6.07) is 16.9. The number of ether oxygens (including phenoxy) is 4. The normalized spacial score (nSPS) is 16.9. The number of nitrogens with zero attached hydrogens (tertiary/aromatic N) is 8. The van der Waals surface area contributed by atoms with Gasteiger partial charge < -0.3 is 33.9 Å². The number of piperazine rings is 1. The zero-order chi connectivity index (χ0) is 46.1. The van der Waals surface area contributed by atoms with Crippen LogP contribution in [0.5, 0.6) is 11.5 Å². The first-order chi connectivity index (χ1) is 31.0. The number of carboxylic acids is 1. The third kappa shape index (κ3) is 19.4. The zero-order valence-electron chi connectivity index (χ0n) is 38.7. The summed E-state index contributed by atoms with van der Waals surface area (Å²) < 4.78 is 25.0. The lowest BCUT2D eigenvalue weighted by atomic mass is 10.1. The summed E-state index contributed by atoms with van der Waals surface area (Å²) in [7, 11) is 0. The molecule has 0 bridgehead atoms. The number of carbonyl (C=O) groups is 3. The fourth-order valence-corrected chi connectivity index (χ4v) is 7.26. The molecule has 4 aliphatic rings. The smallest absolute Gasteiger partial charge is 0.338 e. The highest BCUT2D eigenvalue weighted by Crippen LogP contribution is 2.21. The van der Waals surface area contributed by atoms with Gasteiger partial charge in [-0.3, -0.25) is 18.8 Å². The molecular weight excluding hydrogens is 852 g/mol. The van der Waals surface area contributed by atoms with Gasteiger partial charge in [0.15, 0.2) is 0 Å². The van der Waals surface area contributed by atoms with Gasteiger partial charge in [0.05, 0.1) is 38.1 Å². The van der Waals surface area contributed by atoms with Crippen LogP contribution in [-0.4, -0.2) is 147 Å². The molecule has 0 unspecified atom stereocenters. The van der Waals surface area contributed by atoms with E-state index in [1.54, 1.807) is 55.1 Å². The number of imidazole rings is 2. The average Bonchev–Trinajstić information content (AvgIpc) is 4.08. The Bertz CT molecular complexity index is 1900.